The second kappa shape index (κ2) is 7.24. The molecule has 0 aliphatic carbocycles. The molecule has 2 N–H and O–H groups in total. The maximum atomic E-state index is 11.6. The molecule has 1 rings (SSSR count). The fourth-order valence-electron chi connectivity index (χ4n) is 1.53. The molecule has 6 nitrogen and oxygen atoms in total. The molecule has 0 aromatic carbocycles. The van der Waals surface area contributed by atoms with E-state index in [2.05, 4.69) is 10.6 Å². The highest BCUT2D eigenvalue weighted by Gasteiger charge is 2.27. The van der Waals surface area contributed by atoms with Gasteiger partial charge in [0.1, 0.15) is 0 Å². The van der Waals surface area contributed by atoms with Gasteiger partial charge in [-0.25, -0.2) is 0 Å². The zero-order valence-electron chi connectivity index (χ0n) is 10.5. The zero-order valence-corrected chi connectivity index (χ0v) is 10.5. The maximum absolute atomic E-state index is 11.6. The van der Waals surface area contributed by atoms with E-state index in [-0.39, 0.29) is 17.7 Å². The summed E-state index contributed by atoms with van der Waals surface area (Å²) in [5, 5.41) is 5.40. The number of rotatable bonds is 7. The summed E-state index contributed by atoms with van der Waals surface area (Å²) in [6.45, 7) is 2.98. The Morgan fingerprint density at radius 1 is 1.53 bits per heavy atom. The molecule has 17 heavy (non-hydrogen) atoms. The van der Waals surface area contributed by atoms with Gasteiger partial charge in [-0.1, -0.05) is 0 Å². The van der Waals surface area contributed by atoms with Crippen LogP contribution in [0.15, 0.2) is 0 Å². The molecule has 1 heterocycles. The van der Waals surface area contributed by atoms with Crippen molar-refractivity contribution in [1.29, 1.82) is 0 Å². The summed E-state index contributed by atoms with van der Waals surface area (Å²) in [6.07, 6.45) is 0.299. The van der Waals surface area contributed by atoms with Gasteiger partial charge in [-0.2, -0.15) is 0 Å². The first kappa shape index (κ1) is 13.9. The molecule has 0 saturated carbocycles. The third kappa shape index (κ3) is 5.65. The van der Waals surface area contributed by atoms with Crippen molar-refractivity contribution >= 4 is 11.8 Å². The van der Waals surface area contributed by atoms with Gasteiger partial charge in [0.05, 0.1) is 19.1 Å². The summed E-state index contributed by atoms with van der Waals surface area (Å²) in [4.78, 5) is 24.5. The Kier molecular flexibility index (Phi) is 5.93. The minimum absolute atomic E-state index is 0.0487. The Bertz CT molecular complexity index is 269. The number of carbonyl (C=O) groups is 2. The van der Waals surface area contributed by atoms with Crippen LogP contribution in [-0.2, 0) is 14.3 Å². The maximum Gasteiger partial charge on any atom is 0.225 e. The predicted molar refractivity (Wildman–Crippen MR) is 63.5 cm³/mol. The fourth-order valence-corrected chi connectivity index (χ4v) is 1.53. The zero-order chi connectivity index (χ0) is 12.7. The van der Waals surface area contributed by atoms with Crippen molar-refractivity contribution in [3.63, 3.8) is 0 Å². The first-order chi connectivity index (χ1) is 8.09. The van der Waals surface area contributed by atoms with Crippen molar-refractivity contribution < 1.29 is 14.3 Å². The Morgan fingerprint density at radius 2 is 2.29 bits per heavy atom. The van der Waals surface area contributed by atoms with Gasteiger partial charge in [-0.15, -0.1) is 0 Å². The Hall–Kier alpha value is -1.14. The van der Waals surface area contributed by atoms with Gasteiger partial charge in [0.2, 0.25) is 11.8 Å². The summed E-state index contributed by atoms with van der Waals surface area (Å²) >= 11 is 0. The number of amides is 2. The minimum atomic E-state index is -0.218. The van der Waals surface area contributed by atoms with Crippen LogP contribution < -0.4 is 10.6 Å². The number of ether oxygens (including phenoxy) is 1. The standard InChI is InChI=1S/C11H21N3O3/c1-14(2)4-6-17-5-3-12-11(16)9-7-10(15)13-8-9/h9H,3-8H2,1-2H3,(H,12,16)(H,13,15). The molecule has 0 aromatic heterocycles. The van der Waals surface area contributed by atoms with Crippen molar-refractivity contribution in [2.45, 2.75) is 6.42 Å². The van der Waals surface area contributed by atoms with Crippen molar-refractivity contribution in [1.82, 2.24) is 15.5 Å². The molecule has 98 valence electrons. The number of nitrogens with zero attached hydrogens (tertiary/aromatic N) is 1. The Labute approximate surface area is 102 Å². The molecule has 1 atom stereocenters. The quantitative estimate of drug-likeness (QED) is 0.552. The van der Waals surface area contributed by atoms with Crippen LogP contribution in [0.1, 0.15) is 6.42 Å². The summed E-state index contributed by atoms with van der Waals surface area (Å²) in [6, 6.07) is 0. The molecular weight excluding hydrogens is 222 g/mol. The topological polar surface area (TPSA) is 70.7 Å². The van der Waals surface area contributed by atoms with E-state index in [4.69, 9.17) is 4.74 Å². The molecule has 1 saturated heterocycles. The molecule has 1 fully saturated rings. The highest BCUT2D eigenvalue weighted by molar-refractivity contribution is 5.89. The van der Waals surface area contributed by atoms with Gasteiger partial charge in [0, 0.05) is 26.1 Å². The summed E-state index contributed by atoms with van der Waals surface area (Å²) < 4.78 is 5.34. The van der Waals surface area contributed by atoms with Gasteiger partial charge in [-0.3, -0.25) is 9.59 Å². The molecule has 0 radical (unpaired) electrons. The van der Waals surface area contributed by atoms with E-state index < -0.39 is 0 Å². The summed E-state index contributed by atoms with van der Waals surface area (Å²) in [7, 11) is 3.96. The van der Waals surface area contributed by atoms with E-state index in [0.717, 1.165) is 6.54 Å². The van der Waals surface area contributed by atoms with Crippen molar-refractivity contribution in [2.24, 2.45) is 5.92 Å². The molecule has 1 aliphatic rings. The highest BCUT2D eigenvalue weighted by atomic mass is 16.5. The number of likely N-dealkylation sites (N-methyl/N-ethyl adjacent to an activating group) is 1. The average molecular weight is 243 g/mol. The van der Waals surface area contributed by atoms with Crippen LogP contribution in [0.3, 0.4) is 0 Å². The first-order valence-corrected chi connectivity index (χ1v) is 5.86. The second-order valence-electron chi connectivity index (χ2n) is 4.41. The molecule has 2 amide bonds. The van der Waals surface area contributed by atoms with Gasteiger partial charge < -0.3 is 20.3 Å². The molecule has 0 aromatic rings. The van der Waals surface area contributed by atoms with Gasteiger partial charge in [0.15, 0.2) is 0 Å². The van der Waals surface area contributed by atoms with E-state index in [9.17, 15) is 9.59 Å². The van der Waals surface area contributed by atoms with E-state index in [1.807, 2.05) is 19.0 Å². The lowest BCUT2D eigenvalue weighted by Gasteiger charge is -2.11. The van der Waals surface area contributed by atoms with E-state index >= 15 is 0 Å². The van der Waals surface area contributed by atoms with E-state index in [1.165, 1.54) is 0 Å². The van der Waals surface area contributed by atoms with Gasteiger partial charge >= 0.3 is 0 Å². The fraction of sp³-hybridized carbons (Fsp3) is 0.818. The number of carbonyl (C=O) groups excluding carboxylic acids is 2. The van der Waals surface area contributed by atoms with Crippen LogP contribution in [0.4, 0.5) is 0 Å². The van der Waals surface area contributed by atoms with Crippen LogP contribution in [-0.4, -0.2) is 63.7 Å². The third-order valence-electron chi connectivity index (χ3n) is 2.58. The Morgan fingerprint density at radius 3 is 2.88 bits per heavy atom. The smallest absolute Gasteiger partial charge is 0.225 e. The predicted octanol–water partition coefficient (Wildman–Crippen LogP) is -1.18. The molecular formula is C11H21N3O3. The van der Waals surface area contributed by atoms with E-state index in [1.54, 1.807) is 0 Å². The van der Waals surface area contributed by atoms with Crippen LogP contribution >= 0.6 is 0 Å². The molecule has 1 unspecified atom stereocenters. The average Bonchev–Trinajstić information content (AvgIpc) is 2.69. The van der Waals surface area contributed by atoms with Crippen LogP contribution in [0, 0.1) is 5.92 Å². The molecule has 0 bridgehead atoms. The largest absolute Gasteiger partial charge is 0.378 e. The van der Waals surface area contributed by atoms with Crippen molar-refractivity contribution in [3.8, 4) is 0 Å². The number of hydrogen-bond acceptors (Lipinski definition) is 4. The van der Waals surface area contributed by atoms with Crippen LogP contribution in [0.5, 0.6) is 0 Å². The first-order valence-electron chi connectivity index (χ1n) is 5.86. The van der Waals surface area contributed by atoms with E-state index in [0.29, 0.717) is 32.7 Å². The van der Waals surface area contributed by atoms with Crippen molar-refractivity contribution in [3.05, 3.63) is 0 Å². The summed E-state index contributed by atoms with van der Waals surface area (Å²) in [5.74, 6) is -0.337. The summed E-state index contributed by atoms with van der Waals surface area (Å²) in [5.41, 5.74) is 0. The monoisotopic (exact) mass is 243 g/mol. The lowest BCUT2D eigenvalue weighted by atomic mass is 10.1. The molecule has 0 spiro atoms. The van der Waals surface area contributed by atoms with Crippen LogP contribution in [0.2, 0.25) is 0 Å². The number of nitrogens with one attached hydrogen (secondary N) is 2. The van der Waals surface area contributed by atoms with Crippen LogP contribution in [0.25, 0.3) is 0 Å². The van der Waals surface area contributed by atoms with Gasteiger partial charge in [-0.05, 0) is 14.1 Å². The normalized spacial score (nSPS) is 19.5. The SMILES string of the molecule is CN(C)CCOCCNC(=O)C1CNC(=O)C1. The third-order valence-corrected chi connectivity index (χ3v) is 2.58. The number of hydrogen-bond donors (Lipinski definition) is 2. The van der Waals surface area contributed by atoms with Crippen molar-refractivity contribution in [2.75, 3.05) is 46.9 Å². The lowest BCUT2D eigenvalue weighted by molar-refractivity contribution is -0.126. The minimum Gasteiger partial charge on any atom is -0.378 e. The van der Waals surface area contributed by atoms with Gasteiger partial charge in [0.25, 0.3) is 0 Å². The second-order valence-corrected chi connectivity index (χ2v) is 4.41. The lowest BCUT2D eigenvalue weighted by Crippen LogP contribution is -2.34. The Balaban J connectivity index is 1.99. The molecule has 6 heteroatoms. The molecule has 1 aliphatic heterocycles. The highest BCUT2D eigenvalue weighted by Crippen LogP contribution is 2.07.